The first-order chi connectivity index (χ1) is 10.4. The minimum absolute atomic E-state index is 0.252. The molecule has 1 amide bonds. The third-order valence-corrected chi connectivity index (χ3v) is 3.68. The summed E-state index contributed by atoms with van der Waals surface area (Å²) in [6.07, 6.45) is 0.254. The zero-order valence-electron chi connectivity index (χ0n) is 12.9. The SMILES string of the molecule is Cc1cc(C(=O)N(C)C(Cc2ccccc2)C(=O)O)nn1C. The van der Waals surface area contributed by atoms with E-state index in [-0.39, 0.29) is 12.1 Å². The van der Waals surface area contributed by atoms with Crippen LogP contribution in [0.3, 0.4) is 0 Å². The third-order valence-electron chi connectivity index (χ3n) is 3.68. The maximum Gasteiger partial charge on any atom is 0.326 e. The van der Waals surface area contributed by atoms with Crippen molar-refractivity contribution in [3.8, 4) is 0 Å². The van der Waals surface area contributed by atoms with Gasteiger partial charge in [0.2, 0.25) is 0 Å². The van der Waals surface area contributed by atoms with Gasteiger partial charge in [-0.15, -0.1) is 0 Å². The van der Waals surface area contributed by atoms with Crippen LogP contribution in [-0.4, -0.2) is 44.8 Å². The molecule has 1 aromatic carbocycles. The number of aromatic nitrogens is 2. The van der Waals surface area contributed by atoms with E-state index in [9.17, 15) is 14.7 Å². The van der Waals surface area contributed by atoms with Crippen molar-refractivity contribution in [3.05, 3.63) is 53.3 Å². The van der Waals surface area contributed by atoms with Crippen LogP contribution in [0.1, 0.15) is 21.7 Å². The van der Waals surface area contributed by atoms with Crippen LogP contribution in [0.5, 0.6) is 0 Å². The predicted molar refractivity (Wildman–Crippen MR) is 81.6 cm³/mol. The van der Waals surface area contributed by atoms with Crippen LogP contribution < -0.4 is 0 Å². The average molecular weight is 301 g/mol. The normalized spacial score (nSPS) is 12.0. The van der Waals surface area contributed by atoms with E-state index in [4.69, 9.17) is 0 Å². The molecule has 0 bridgehead atoms. The lowest BCUT2D eigenvalue weighted by Crippen LogP contribution is -2.44. The van der Waals surface area contributed by atoms with Gasteiger partial charge in [-0.3, -0.25) is 9.48 Å². The molecule has 1 N–H and O–H groups in total. The van der Waals surface area contributed by atoms with Crippen molar-refractivity contribution in [1.82, 2.24) is 14.7 Å². The van der Waals surface area contributed by atoms with Crippen molar-refractivity contribution in [3.63, 3.8) is 0 Å². The van der Waals surface area contributed by atoms with Gasteiger partial charge in [0.1, 0.15) is 6.04 Å². The maximum atomic E-state index is 12.4. The van der Waals surface area contributed by atoms with Crippen molar-refractivity contribution >= 4 is 11.9 Å². The summed E-state index contributed by atoms with van der Waals surface area (Å²) in [5, 5.41) is 13.6. The van der Waals surface area contributed by atoms with Gasteiger partial charge in [-0.05, 0) is 18.6 Å². The highest BCUT2D eigenvalue weighted by molar-refractivity contribution is 5.95. The van der Waals surface area contributed by atoms with Gasteiger partial charge in [-0.2, -0.15) is 5.10 Å². The summed E-state index contributed by atoms with van der Waals surface area (Å²) in [5.74, 6) is -1.43. The number of hydrogen-bond donors (Lipinski definition) is 1. The van der Waals surface area contributed by atoms with Gasteiger partial charge in [0.05, 0.1) is 0 Å². The number of benzene rings is 1. The Morgan fingerprint density at radius 3 is 2.45 bits per heavy atom. The molecule has 6 heteroatoms. The highest BCUT2D eigenvalue weighted by Crippen LogP contribution is 2.12. The Morgan fingerprint density at radius 2 is 1.95 bits per heavy atom. The molecule has 0 aliphatic rings. The molecule has 2 rings (SSSR count). The first-order valence-corrected chi connectivity index (χ1v) is 6.94. The number of hydrogen-bond acceptors (Lipinski definition) is 3. The van der Waals surface area contributed by atoms with Crippen molar-refractivity contribution < 1.29 is 14.7 Å². The highest BCUT2D eigenvalue weighted by atomic mass is 16.4. The molecular formula is C16H19N3O3. The summed E-state index contributed by atoms with van der Waals surface area (Å²) in [6.45, 7) is 1.84. The van der Waals surface area contributed by atoms with Crippen LogP contribution in [0.4, 0.5) is 0 Å². The van der Waals surface area contributed by atoms with Crippen LogP contribution >= 0.6 is 0 Å². The first kappa shape index (κ1) is 15.8. The van der Waals surface area contributed by atoms with Crippen LogP contribution in [0.25, 0.3) is 0 Å². The quantitative estimate of drug-likeness (QED) is 0.908. The number of carbonyl (C=O) groups is 2. The molecule has 6 nitrogen and oxygen atoms in total. The maximum absolute atomic E-state index is 12.4. The molecule has 0 saturated carbocycles. The molecular weight excluding hydrogens is 282 g/mol. The summed E-state index contributed by atoms with van der Waals surface area (Å²) < 4.78 is 1.59. The lowest BCUT2D eigenvalue weighted by Gasteiger charge is -2.24. The Balaban J connectivity index is 2.20. The van der Waals surface area contributed by atoms with Crippen molar-refractivity contribution in [2.75, 3.05) is 7.05 Å². The summed E-state index contributed by atoms with van der Waals surface area (Å²) in [4.78, 5) is 25.2. The number of carbonyl (C=O) groups excluding carboxylic acids is 1. The Kier molecular flexibility index (Phi) is 4.60. The Morgan fingerprint density at radius 1 is 1.32 bits per heavy atom. The monoisotopic (exact) mass is 301 g/mol. The Labute approximate surface area is 129 Å². The summed E-state index contributed by atoms with van der Waals surface area (Å²) in [5.41, 5.74) is 1.96. The van der Waals surface area contributed by atoms with Gasteiger partial charge in [0, 0.05) is 26.2 Å². The van der Waals surface area contributed by atoms with E-state index >= 15 is 0 Å². The fourth-order valence-electron chi connectivity index (χ4n) is 2.21. The van der Waals surface area contributed by atoms with Gasteiger partial charge < -0.3 is 10.0 Å². The van der Waals surface area contributed by atoms with E-state index in [1.54, 1.807) is 17.8 Å². The van der Waals surface area contributed by atoms with Crippen LogP contribution in [0.15, 0.2) is 36.4 Å². The lowest BCUT2D eigenvalue weighted by molar-refractivity contribution is -0.141. The third kappa shape index (κ3) is 3.33. The number of aliphatic carboxylic acids is 1. The standard InChI is InChI=1S/C16H19N3O3/c1-11-9-13(17-19(11)3)15(20)18(2)14(16(21)22)10-12-7-5-4-6-8-12/h4-9,14H,10H2,1-3H3,(H,21,22). The summed E-state index contributed by atoms with van der Waals surface area (Å²) in [7, 11) is 3.23. The van der Waals surface area contributed by atoms with Crippen molar-refractivity contribution in [1.29, 1.82) is 0 Å². The van der Waals surface area contributed by atoms with Crippen LogP contribution in [0, 0.1) is 6.92 Å². The molecule has 0 radical (unpaired) electrons. The average Bonchev–Trinajstić information content (AvgIpc) is 2.83. The second kappa shape index (κ2) is 6.43. The molecule has 0 aliphatic carbocycles. The number of aryl methyl sites for hydroxylation is 2. The van der Waals surface area contributed by atoms with E-state index in [2.05, 4.69) is 5.10 Å². The molecule has 0 spiro atoms. The molecule has 22 heavy (non-hydrogen) atoms. The molecule has 0 saturated heterocycles. The summed E-state index contributed by atoms with van der Waals surface area (Å²) >= 11 is 0. The van der Waals surface area contributed by atoms with Crippen LogP contribution in [-0.2, 0) is 18.3 Å². The molecule has 116 valence electrons. The minimum atomic E-state index is -1.03. The zero-order chi connectivity index (χ0) is 16.3. The largest absolute Gasteiger partial charge is 0.480 e. The second-order valence-corrected chi connectivity index (χ2v) is 5.25. The van der Waals surface area contributed by atoms with Gasteiger partial charge in [-0.1, -0.05) is 30.3 Å². The van der Waals surface area contributed by atoms with Gasteiger partial charge in [0.15, 0.2) is 5.69 Å². The zero-order valence-corrected chi connectivity index (χ0v) is 12.9. The lowest BCUT2D eigenvalue weighted by atomic mass is 10.0. The highest BCUT2D eigenvalue weighted by Gasteiger charge is 2.28. The number of nitrogens with zero attached hydrogens (tertiary/aromatic N) is 3. The number of likely N-dealkylation sites (N-methyl/N-ethyl adjacent to an activating group) is 1. The van der Waals surface area contributed by atoms with E-state index in [1.807, 2.05) is 37.3 Å². The molecule has 2 aromatic rings. The molecule has 1 atom stereocenters. The number of rotatable bonds is 5. The van der Waals surface area contributed by atoms with Crippen molar-refractivity contribution in [2.24, 2.45) is 7.05 Å². The van der Waals surface area contributed by atoms with E-state index in [0.717, 1.165) is 11.3 Å². The fourth-order valence-corrected chi connectivity index (χ4v) is 2.21. The Bertz CT molecular complexity index is 660. The smallest absolute Gasteiger partial charge is 0.326 e. The second-order valence-electron chi connectivity index (χ2n) is 5.25. The first-order valence-electron chi connectivity index (χ1n) is 6.94. The van der Waals surface area contributed by atoms with E-state index in [1.165, 1.54) is 11.9 Å². The number of amides is 1. The molecule has 0 fully saturated rings. The molecule has 0 aliphatic heterocycles. The molecule has 1 aromatic heterocycles. The topological polar surface area (TPSA) is 75.4 Å². The summed E-state index contributed by atoms with van der Waals surface area (Å²) in [6, 6.07) is 9.97. The predicted octanol–water partition coefficient (Wildman–Crippen LogP) is 1.50. The minimum Gasteiger partial charge on any atom is -0.480 e. The van der Waals surface area contributed by atoms with E-state index in [0.29, 0.717) is 0 Å². The molecule has 1 unspecified atom stereocenters. The van der Waals surface area contributed by atoms with Gasteiger partial charge in [-0.25, -0.2) is 4.79 Å². The number of carboxylic acids is 1. The van der Waals surface area contributed by atoms with E-state index < -0.39 is 17.9 Å². The van der Waals surface area contributed by atoms with Crippen LogP contribution in [0.2, 0.25) is 0 Å². The Hall–Kier alpha value is -2.63. The van der Waals surface area contributed by atoms with Gasteiger partial charge in [0.25, 0.3) is 5.91 Å². The molecule has 1 heterocycles. The van der Waals surface area contributed by atoms with Crippen molar-refractivity contribution in [2.45, 2.75) is 19.4 Å². The number of carboxylic acid groups (broad SMARTS) is 1. The fraction of sp³-hybridized carbons (Fsp3) is 0.312. The van der Waals surface area contributed by atoms with Gasteiger partial charge >= 0.3 is 5.97 Å².